The van der Waals surface area contributed by atoms with Gasteiger partial charge in [-0.3, -0.25) is 20.3 Å². The van der Waals surface area contributed by atoms with Crippen LogP contribution in [-0.4, -0.2) is 83.2 Å². The summed E-state index contributed by atoms with van der Waals surface area (Å²) in [5, 5.41) is 31.0. The molecule has 0 bridgehead atoms. The van der Waals surface area contributed by atoms with Gasteiger partial charge in [0.15, 0.2) is 5.84 Å². The van der Waals surface area contributed by atoms with Gasteiger partial charge in [-0.05, 0) is 45.2 Å². The fraction of sp³-hybridized carbons (Fsp3) is 0.640. The van der Waals surface area contributed by atoms with Crippen LogP contribution in [0, 0.1) is 16.2 Å². The molecule has 0 spiro atoms. The maximum absolute atomic E-state index is 12.3. The number of hydrogen-bond donors (Lipinski definition) is 6. The van der Waals surface area contributed by atoms with Crippen molar-refractivity contribution in [3.05, 3.63) is 23.5 Å². The van der Waals surface area contributed by atoms with E-state index in [1.54, 1.807) is 41.5 Å². The van der Waals surface area contributed by atoms with E-state index in [1.807, 2.05) is 0 Å². The van der Waals surface area contributed by atoms with Gasteiger partial charge in [-0.2, -0.15) is 0 Å². The van der Waals surface area contributed by atoms with Crippen LogP contribution in [0.3, 0.4) is 0 Å². The SMILES string of the molecule is CC(C)(C)C(=O)OCOC(=O)N/C(=N/C=N)c1ccc([C@]2(C)O[C@H](COC(=O)[C@@H](N)C(C)(C)C)[C@@H](O)[C@H]2O)[nH]1. The van der Waals surface area contributed by atoms with Crippen LogP contribution in [0.25, 0.3) is 0 Å². The normalized spacial score (nSPS) is 24.6. The fourth-order valence-corrected chi connectivity index (χ4v) is 3.49. The van der Waals surface area contributed by atoms with Crippen LogP contribution in [0.15, 0.2) is 17.1 Å². The molecule has 0 saturated carbocycles. The predicted molar refractivity (Wildman–Crippen MR) is 139 cm³/mol. The van der Waals surface area contributed by atoms with Gasteiger partial charge in [-0.25, -0.2) is 9.79 Å². The van der Waals surface area contributed by atoms with Crippen LogP contribution in [0.4, 0.5) is 4.79 Å². The van der Waals surface area contributed by atoms with E-state index in [2.05, 4.69) is 15.3 Å². The number of aliphatic hydroxyl groups is 2. The van der Waals surface area contributed by atoms with Gasteiger partial charge in [-0.15, -0.1) is 0 Å². The summed E-state index contributed by atoms with van der Waals surface area (Å²) in [5.41, 5.74) is 3.66. The van der Waals surface area contributed by atoms with E-state index >= 15 is 0 Å². The summed E-state index contributed by atoms with van der Waals surface area (Å²) in [6, 6.07) is 2.14. The Morgan fingerprint density at radius 3 is 2.41 bits per heavy atom. The molecule has 0 unspecified atom stereocenters. The third kappa shape index (κ3) is 7.85. The van der Waals surface area contributed by atoms with E-state index < -0.39 is 65.6 Å². The van der Waals surface area contributed by atoms with Gasteiger partial charge in [0, 0.05) is 0 Å². The number of rotatable bonds is 8. The Balaban J connectivity index is 2.08. The van der Waals surface area contributed by atoms with Crippen molar-refractivity contribution in [2.24, 2.45) is 21.6 Å². The summed E-state index contributed by atoms with van der Waals surface area (Å²) in [6.45, 7) is 10.9. The molecule has 14 heteroatoms. The summed E-state index contributed by atoms with van der Waals surface area (Å²) in [5.74, 6) is -1.34. The van der Waals surface area contributed by atoms with Gasteiger partial charge < -0.3 is 39.9 Å². The van der Waals surface area contributed by atoms with Crippen LogP contribution in [0.5, 0.6) is 0 Å². The summed E-state index contributed by atoms with van der Waals surface area (Å²) in [7, 11) is 0. The number of amides is 1. The first kappa shape index (κ1) is 31.9. The Hall–Kier alpha value is -3.33. The molecule has 0 radical (unpaired) electrons. The van der Waals surface area contributed by atoms with Crippen LogP contribution in [0.1, 0.15) is 59.9 Å². The molecule has 218 valence electrons. The number of aromatic amines is 1. The van der Waals surface area contributed by atoms with Crippen molar-refractivity contribution in [3.8, 4) is 0 Å². The molecule has 0 aromatic carbocycles. The predicted octanol–water partition coefficient (Wildman–Crippen LogP) is 0.894. The lowest BCUT2D eigenvalue weighted by atomic mass is 9.87. The second-order valence-electron chi connectivity index (χ2n) is 11.4. The molecule has 2 heterocycles. The molecule has 1 saturated heterocycles. The Morgan fingerprint density at radius 2 is 1.85 bits per heavy atom. The van der Waals surface area contributed by atoms with Gasteiger partial charge in [0.05, 0.1) is 16.8 Å². The number of nitrogens with one attached hydrogen (secondary N) is 3. The quantitative estimate of drug-likeness (QED) is 0.116. The maximum atomic E-state index is 12.3. The van der Waals surface area contributed by atoms with Crippen LogP contribution in [0.2, 0.25) is 0 Å². The first-order valence-electron chi connectivity index (χ1n) is 12.3. The molecule has 1 aliphatic rings. The molecule has 7 N–H and O–H groups in total. The molecular formula is C25H39N5O9. The number of alkyl carbamates (subject to hydrolysis) is 1. The summed E-state index contributed by atoms with van der Waals surface area (Å²) in [4.78, 5) is 43.0. The number of hydrogen-bond acceptors (Lipinski definition) is 11. The average molecular weight is 554 g/mol. The minimum absolute atomic E-state index is 0.110. The maximum Gasteiger partial charge on any atom is 0.415 e. The molecular weight excluding hydrogens is 514 g/mol. The molecule has 14 nitrogen and oxygen atoms in total. The molecule has 1 aliphatic heterocycles. The first-order chi connectivity index (χ1) is 17.9. The minimum Gasteiger partial charge on any atom is -0.462 e. The molecule has 39 heavy (non-hydrogen) atoms. The van der Waals surface area contributed by atoms with E-state index in [4.69, 9.17) is 30.1 Å². The van der Waals surface area contributed by atoms with Crippen molar-refractivity contribution in [2.75, 3.05) is 13.4 Å². The zero-order valence-corrected chi connectivity index (χ0v) is 23.2. The number of carbonyl (C=O) groups is 3. The van der Waals surface area contributed by atoms with Crippen LogP contribution < -0.4 is 11.1 Å². The Morgan fingerprint density at radius 1 is 1.21 bits per heavy atom. The number of aliphatic hydroxyl groups excluding tert-OH is 2. The van der Waals surface area contributed by atoms with E-state index in [0.717, 1.165) is 0 Å². The highest BCUT2D eigenvalue weighted by Crippen LogP contribution is 2.39. The van der Waals surface area contributed by atoms with Crippen molar-refractivity contribution in [3.63, 3.8) is 0 Å². The highest BCUT2D eigenvalue weighted by atomic mass is 16.7. The summed E-state index contributed by atoms with van der Waals surface area (Å²) < 4.78 is 20.9. The smallest absolute Gasteiger partial charge is 0.415 e. The van der Waals surface area contributed by atoms with Gasteiger partial charge in [0.2, 0.25) is 6.79 Å². The lowest BCUT2D eigenvalue weighted by Gasteiger charge is -2.27. The van der Waals surface area contributed by atoms with Crippen molar-refractivity contribution in [1.82, 2.24) is 10.3 Å². The number of esters is 2. The van der Waals surface area contributed by atoms with E-state index in [1.165, 1.54) is 19.1 Å². The van der Waals surface area contributed by atoms with Crippen molar-refractivity contribution < 1.29 is 43.5 Å². The van der Waals surface area contributed by atoms with E-state index in [0.29, 0.717) is 12.0 Å². The molecule has 1 fully saturated rings. The highest BCUT2D eigenvalue weighted by Gasteiger charge is 2.53. The van der Waals surface area contributed by atoms with E-state index in [9.17, 15) is 24.6 Å². The van der Waals surface area contributed by atoms with Crippen LogP contribution in [-0.2, 0) is 34.1 Å². The number of ether oxygens (including phenoxy) is 4. The van der Waals surface area contributed by atoms with Gasteiger partial charge in [0.25, 0.3) is 0 Å². The number of aromatic nitrogens is 1. The first-order valence-corrected chi connectivity index (χ1v) is 12.3. The second kappa shape index (κ2) is 12.2. The number of H-pyrrole nitrogens is 1. The number of nitrogens with zero attached hydrogens (tertiary/aromatic N) is 1. The zero-order chi connectivity index (χ0) is 29.8. The molecule has 5 atom stereocenters. The van der Waals surface area contributed by atoms with Gasteiger partial charge >= 0.3 is 18.0 Å². The highest BCUT2D eigenvalue weighted by molar-refractivity contribution is 6.07. The van der Waals surface area contributed by atoms with Gasteiger partial charge in [0.1, 0.15) is 42.9 Å². The second-order valence-corrected chi connectivity index (χ2v) is 11.4. The Labute approximate surface area is 226 Å². The zero-order valence-electron chi connectivity index (χ0n) is 23.2. The topological polar surface area (TPSA) is 219 Å². The van der Waals surface area contributed by atoms with Crippen molar-refractivity contribution in [1.29, 1.82) is 5.41 Å². The molecule has 1 aromatic heterocycles. The summed E-state index contributed by atoms with van der Waals surface area (Å²) in [6.07, 6.45) is -4.16. The molecule has 1 aromatic rings. The average Bonchev–Trinajstić information content (AvgIpc) is 3.41. The van der Waals surface area contributed by atoms with Crippen LogP contribution >= 0.6 is 0 Å². The Kier molecular flexibility index (Phi) is 10.0. The lowest BCUT2D eigenvalue weighted by molar-refractivity contribution is -0.161. The lowest BCUT2D eigenvalue weighted by Crippen LogP contribution is -2.44. The third-order valence-corrected chi connectivity index (χ3v) is 6.12. The molecule has 1 amide bonds. The molecule has 0 aliphatic carbocycles. The largest absolute Gasteiger partial charge is 0.462 e. The van der Waals surface area contributed by atoms with Crippen molar-refractivity contribution in [2.45, 2.75) is 78.4 Å². The van der Waals surface area contributed by atoms with Gasteiger partial charge in [-0.1, -0.05) is 20.8 Å². The Bertz CT molecular complexity index is 1090. The molecule has 2 rings (SSSR count). The number of aliphatic imine (C=N–C) groups is 1. The minimum atomic E-state index is -1.46. The van der Waals surface area contributed by atoms with E-state index in [-0.39, 0.29) is 18.1 Å². The number of nitrogens with two attached hydrogens (primary N) is 1. The number of carbonyl (C=O) groups excluding carboxylic acids is 3. The number of amidine groups is 1. The third-order valence-electron chi connectivity index (χ3n) is 6.12. The van der Waals surface area contributed by atoms with Crippen molar-refractivity contribution >= 4 is 30.2 Å². The standard InChI is InChI=1S/C25H39N5O9/c1-23(2,3)17(27)20(33)36-10-14-16(31)18(32)25(7,39-14)15-9-8-13(29-15)19(28-11-26)30-22(35)38-12-37-21(34)24(4,5)6/h8-9,11,14,16-18,29,31-32H,10,12,27H2,1-7H3,(H2,26,28,30,35)/t14-,16-,17-,18-,25+/m1/s1. The summed E-state index contributed by atoms with van der Waals surface area (Å²) >= 11 is 0. The monoisotopic (exact) mass is 553 g/mol. The fourth-order valence-electron chi connectivity index (χ4n) is 3.49.